The summed E-state index contributed by atoms with van der Waals surface area (Å²) in [5.41, 5.74) is 3.16. The molecule has 0 radical (unpaired) electrons. The summed E-state index contributed by atoms with van der Waals surface area (Å²) in [6.07, 6.45) is 6.59. The van der Waals surface area contributed by atoms with Crippen molar-refractivity contribution in [3.8, 4) is 11.4 Å². The molecule has 136 valence electrons. The van der Waals surface area contributed by atoms with Crippen LogP contribution >= 0.6 is 0 Å². The second-order valence-electron chi connectivity index (χ2n) is 6.97. The van der Waals surface area contributed by atoms with Gasteiger partial charge in [0.1, 0.15) is 5.76 Å². The van der Waals surface area contributed by atoms with E-state index >= 15 is 0 Å². The van der Waals surface area contributed by atoms with Crippen molar-refractivity contribution in [2.75, 3.05) is 13.1 Å². The number of pyridine rings is 1. The van der Waals surface area contributed by atoms with Crippen LogP contribution < -0.4 is 0 Å². The molecule has 0 N–H and O–H groups in total. The van der Waals surface area contributed by atoms with Crippen LogP contribution in [0.2, 0.25) is 0 Å². The first kappa shape index (κ1) is 16.9. The van der Waals surface area contributed by atoms with Gasteiger partial charge in [-0.15, -0.1) is 0 Å². The van der Waals surface area contributed by atoms with Crippen LogP contribution in [0.15, 0.2) is 33.6 Å². The van der Waals surface area contributed by atoms with E-state index in [1.807, 2.05) is 26.0 Å². The lowest BCUT2D eigenvalue weighted by atomic mass is 9.93. The van der Waals surface area contributed by atoms with Crippen LogP contribution in [0.25, 0.3) is 11.4 Å². The van der Waals surface area contributed by atoms with Crippen molar-refractivity contribution in [1.29, 1.82) is 0 Å². The van der Waals surface area contributed by atoms with Crippen LogP contribution in [0.5, 0.6) is 0 Å². The smallest absolute Gasteiger partial charge is 0.227 e. The van der Waals surface area contributed by atoms with E-state index in [1.54, 1.807) is 12.4 Å². The minimum absolute atomic E-state index is 0.585. The SMILES string of the molecule is Cc1noc(C)c1CN1CCC(Cc2nc(-c3ccncc3)no2)CC1. The van der Waals surface area contributed by atoms with Gasteiger partial charge >= 0.3 is 0 Å². The molecule has 1 aliphatic rings. The molecule has 0 bridgehead atoms. The zero-order valence-corrected chi connectivity index (χ0v) is 15.2. The molecule has 7 heteroatoms. The Balaban J connectivity index is 1.31. The maximum absolute atomic E-state index is 5.45. The van der Waals surface area contributed by atoms with E-state index in [1.165, 1.54) is 5.56 Å². The summed E-state index contributed by atoms with van der Waals surface area (Å²) in [6.45, 7) is 7.05. The molecule has 26 heavy (non-hydrogen) atoms. The van der Waals surface area contributed by atoms with Gasteiger partial charge in [0.15, 0.2) is 0 Å². The Labute approximate surface area is 152 Å². The Kier molecular flexibility index (Phi) is 4.79. The molecule has 0 aliphatic carbocycles. The first-order valence-electron chi connectivity index (χ1n) is 9.06. The molecule has 0 amide bonds. The minimum atomic E-state index is 0.585. The van der Waals surface area contributed by atoms with Crippen LogP contribution in [-0.2, 0) is 13.0 Å². The van der Waals surface area contributed by atoms with Crippen molar-refractivity contribution in [2.24, 2.45) is 5.92 Å². The topological polar surface area (TPSA) is 81.1 Å². The molecule has 3 aromatic heterocycles. The number of aromatic nitrogens is 4. The molecule has 7 nitrogen and oxygen atoms in total. The third kappa shape index (κ3) is 3.67. The molecule has 3 aromatic rings. The van der Waals surface area contributed by atoms with Crippen LogP contribution in [0, 0.1) is 19.8 Å². The largest absolute Gasteiger partial charge is 0.361 e. The summed E-state index contributed by atoms with van der Waals surface area (Å²) in [5.74, 6) is 2.88. The summed E-state index contributed by atoms with van der Waals surface area (Å²) in [6, 6.07) is 3.78. The Morgan fingerprint density at radius 1 is 1.08 bits per heavy atom. The Bertz CT molecular complexity index is 830. The Morgan fingerprint density at radius 3 is 2.54 bits per heavy atom. The fourth-order valence-electron chi connectivity index (χ4n) is 3.50. The first-order valence-corrected chi connectivity index (χ1v) is 9.06. The Hall–Kier alpha value is -2.54. The van der Waals surface area contributed by atoms with E-state index in [-0.39, 0.29) is 0 Å². The molecule has 1 aliphatic heterocycles. The first-order chi connectivity index (χ1) is 12.7. The van der Waals surface area contributed by atoms with Gasteiger partial charge in [-0.3, -0.25) is 9.88 Å². The lowest BCUT2D eigenvalue weighted by Gasteiger charge is -2.31. The number of hydrogen-bond donors (Lipinski definition) is 0. The van der Waals surface area contributed by atoms with Crippen LogP contribution in [0.1, 0.15) is 35.7 Å². The van der Waals surface area contributed by atoms with Crippen molar-refractivity contribution < 1.29 is 9.05 Å². The highest BCUT2D eigenvalue weighted by molar-refractivity contribution is 5.52. The van der Waals surface area contributed by atoms with Crippen molar-refractivity contribution in [1.82, 2.24) is 25.2 Å². The molecule has 1 fully saturated rings. The lowest BCUT2D eigenvalue weighted by molar-refractivity contribution is 0.170. The maximum atomic E-state index is 5.45. The third-order valence-corrected chi connectivity index (χ3v) is 5.14. The highest BCUT2D eigenvalue weighted by atomic mass is 16.5. The van der Waals surface area contributed by atoms with Crippen LogP contribution in [0.3, 0.4) is 0 Å². The number of nitrogens with zero attached hydrogens (tertiary/aromatic N) is 5. The molecular formula is C19H23N5O2. The van der Waals surface area contributed by atoms with Crippen LogP contribution in [0.4, 0.5) is 0 Å². The molecular weight excluding hydrogens is 330 g/mol. The van der Waals surface area contributed by atoms with Gasteiger partial charge in [0.25, 0.3) is 0 Å². The predicted octanol–water partition coefficient (Wildman–Crippen LogP) is 3.19. The lowest BCUT2D eigenvalue weighted by Crippen LogP contribution is -2.34. The molecule has 1 saturated heterocycles. The van der Waals surface area contributed by atoms with Gasteiger partial charge in [-0.25, -0.2) is 0 Å². The second kappa shape index (κ2) is 7.37. The second-order valence-corrected chi connectivity index (χ2v) is 6.97. The monoisotopic (exact) mass is 353 g/mol. The van der Waals surface area contributed by atoms with Gasteiger partial charge in [-0.1, -0.05) is 10.3 Å². The fraction of sp³-hybridized carbons (Fsp3) is 0.474. The molecule has 0 saturated carbocycles. The van der Waals surface area contributed by atoms with Gasteiger partial charge in [0.05, 0.1) is 5.69 Å². The van der Waals surface area contributed by atoms with E-state index in [0.717, 1.165) is 61.8 Å². The zero-order valence-electron chi connectivity index (χ0n) is 15.2. The number of aryl methyl sites for hydroxylation is 2. The predicted molar refractivity (Wildman–Crippen MR) is 95.2 cm³/mol. The highest BCUT2D eigenvalue weighted by Crippen LogP contribution is 2.24. The summed E-state index contributed by atoms with van der Waals surface area (Å²) in [7, 11) is 0. The molecule has 0 aromatic carbocycles. The number of rotatable bonds is 5. The zero-order chi connectivity index (χ0) is 17.9. The van der Waals surface area contributed by atoms with E-state index in [2.05, 4.69) is 25.2 Å². The van der Waals surface area contributed by atoms with E-state index < -0.39 is 0 Å². The van der Waals surface area contributed by atoms with Gasteiger partial charge < -0.3 is 9.05 Å². The Morgan fingerprint density at radius 2 is 1.85 bits per heavy atom. The summed E-state index contributed by atoms with van der Waals surface area (Å²) < 4.78 is 10.7. The maximum Gasteiger partial charge on any atom is 0.227 e. The van der Waals surface area contributed by atoms with E-state index in [4.69, 9.17) is 9.05 Å². The van der Waals surface area contributed by atoms with Gasteiger partial charge in [-0.05, 0) is 57.8 Å². The number of hydrogen-bond acceptors (Lipinski definition) is 7. The van der Waals surface area contributed by atoms with Crippen molar-refractivity contribution >= 4 is 0 Å². The highest BCUT2D eigenvalue weighted by Gasteiger charge is 2.23. The molecule has 4 heterocycles. The minimum Gasteiger partial charge on any atom is -0.361 e. The molecule has 0 atom stereocenters. The summed E-state index contributed by atoms with van der Waals surface area (Å²) in [4.78, 5) is 11.0. The third-order valence-electron chi connectivity index (χ3n) is 5.14. The standard InChI is InChI=1S/C19H23N5O2/c1-13-17(14(2)25-22-13)12-24-9-5-15(6-10-24)11-18-21-19(23-26-18)16-3-7-20-8-4-16/h3-4,7-8,15H,5-6,9-12H2,1-2H3. The van der Waals surface area contributed by atoms with Gasteiger partial charge in [-0.2, -0.15) is 4.98 Å². The molecule has 4 rings (SSSR count). The van der Waals surface area contributed by atoms with E-state index in [0.29, 0.717) is 11.7 Å². The number of piperidine rings is 1. The van der Waals surface area contributed by atoms with Gasteiger partial charge in [0.2, 0.25) is 11.7 Å². The van der Waals surface area contributed by atoms with Crippen LogP contribution in [-0.4, -0.2) is 38.3 Å². The average Bonchev–Trinajstić information content (AvgIpc) is 3.26. The summed E-state index contributed by atoms with van der Waals surface area (Å²) in [5, 5.41) is 8.14. The normalized spacial score (nSPS) is 16.2. The fourth-order valence-corrected chi connectivity index (χ4v) is 3.50. The van der Waals surface area contributed by atoms with Crippen molar-refractivity contribution in [2.45, 2.75) is 39.7 Å². The molecule has 0 unspecified atom stereocenters. The number of likely N-dealkylation sites (tertiary alicyclic amines) is 1. The van der Waals surface area contributed by atoms with E-state index in [9.17, 15) is 0 Å². The quantitative estimate of drug-likeness (QED) is 0.696. The van der Waals surface area contributed by atoms with Crippen molar-refractivity contribution in [3.63, 3.8) is 0 Å². The van der Waals surface area contributed by atoms with Crippen molar-refractivity contribution in [3.05, 3.63) is 47.4 Å². The summed E-state index contributed by atoms with van der Waals surface area (Å²) >= 11 is 0. The molecule has 0 spiro atoms. The van der Waals surface area contributed by atoms with Gasteiger partial charge in [0, 0.05) is 36.5 Å². The average molecular weight is 353 g/mol.